The Morgan fingerprint density at radius 1 is 1.33 bits per heavy atom. The van der Waals surface area contributed by atoms with E-state index in [1.165, 1.54) is 0 Å². The highest BCUT2D eigenvalue weighted by molar-refractivity contribution is 7.08. The molecule has 1 aromatic heterocycles. The molecule has 0 atom stereocenters. The molecule has 5 heteroatoms. The first-order chi connectivity index (χ1) is 8.59. The second-order valence-electron chi connectivity index (χ2n) is 4.38. The molecule has 0 radical (unpaired) electrons. The predicted molar refractivity (Wildman–Crippen MR) is 73.1 cm³/mol. The Bertz CT molecular complexity index is 563. The minimum absolute atomic E-state index is 0.143. The molecule has 0 saturated carbocycles. The highest BCUT2D eigenvalue weighted by atomic mass is 32.1. The summed E-state index contributed by atoms with van der Waals surface area (Å²) in [4.78, 5) is 12.7. The van der Waals surface area contributed by atoms with Crippen LogP contribution in [-0.4, -0.2) is 15.5 Å². The van der Waals surface area contributed by atoms with Gasteiger partial charge in [-0.25, -0.2) is 0 Å². The van der Waals surface area contributed by atoms with E-state index in [9.17, 15) is 4.79 Å². The Balaban J connectivity index is 2.25. The first kappa shape index (κ1) is 12.7. The zero-order valence-corrected chi connectivity index (χ0v) is 11.4. The molecule has 1 N–H and O–H groups in total. The topological polar surface area (TPSA) is 54.9 Å². The number of carbonyl (C=O) groups is 1. The van der Waals surface area contributed by atoms with Crippen LogP contribution < -0.4 is 5.32 Å². The van der Waals surface area contributed by atoms with Gasteiger partial charge in [0.25, 0.3) is 5.91 Å². The van der Waals surface area contributed by atoms with Gasteiger partial charge in [-0.15, -0.1) is 5.10 Å². The maximum atomic E-state index is 12.1. The first-order valence-corrected chi connectivity index (χ1v) is 6.56. The Morgan fingerprint density at radius 2 is 2.06 bits per heavy atom. The number of anilines is 1. The summed E-state index contributed by atoms with van der Waals surface area (Å²) in [6.45, 7) is 5.99. The molecule has 0 fully saturated rings. The molecule has 0 saturated heterocycles. The lowest BCUT2D eigenvalue weighted by Gasteiger charge is -2.12. The van der Waals surface area contributed by atoms with E-state index in [4.69, 9.17) is 0 Å². The number of benzene rings is 1. The van der Waals surface area contributed by atoms with E-state index in [2.05, 4.69) is 28.8 Å². The number of carbonyl (C=O) groups excluding carboxylic acids is 1. The molecule has 1 aromatic carbocycles. The maximum absolute atomic E-state index is 12.1. The number of amides is 1. The number of nitrogens with one attached hydrogen (secondary N) is 1. The molecule has 0 spiro atoms. The summed E-state index contributed by atoms with van der Waals surface area (Å²) in [5.41, 5.74) is 2.64. The second kappa shape index (κ2) is 5.27. The molecule has 2 rings (SSSR count). The van der Waals surface area contributed by atoms with Gasteiger partial charge in [-0.1, -0.05) is 36.5 Å². The van der Waals surface area contributed by atoms with Gasteiger partial charge in [-0.3, -0.25) is 4.79 Å². The van der Waals surface area contributed by atoms with Gasteiger partial charge >= 0.3 is 0 Å². The number of nitrogens with zero attached hydrogens (tertiary/aromatic N) is 2. The molecule has 0 unspecified atom stereocenters. The minimum Gasteiger partial charge on any atom is -0.321 e. The van der Waals surface area contributed by atoms with E-state index in [0.29, 0.717) is 16.5 Å². The van der Waals surface area contributed by atoms with Crippen molar-refractivity contribution < 1.29 is 4.79 Å². The quantitative estimate of drug-likeness (QED) is 0.923. The van der Waals surface area contributed by atoms with Crippen LogP contribution in [0.4, 0.5) is 5.69 Å². The molecule has 1 heterocycles. The maximum Gasteiger partial charge on any atom is 0.269 e. The Hall–Kier alpha value is -1.75. The molecule has 2 aromatic rings. The lowest BCUT2D eigenvalue weighted by Crippen LogP contribution is -2.13. The fourth-order valence-corrected chi connectivity index (χ4v) is 2.28. The molecule has 0 aliphatic rings. The smallest absolute Gasteiger partial charge is 0.269 e. The van der Waals surface area contributed by atoms with Gasteiger partial charge in [0.1, 0.15) is 4.88 Å². The second-order valence-corrected chi connectivity index (χ2v) is 5.14. The highest BCUT2D eigenvalue weighted by Crippen LogP contribution is 2.24. The van der Waals surface area contributed by atoms with E-state index in [1.54, 1.807) is 6.92 Å². The Labute approximate surface area is 110 Å². The van der Waals surface area contributed by atoms with Crippen molar-refractivity contribution in [2.45, 2.75) is 26.7 Å². The predicted octanol–water partition coefficient (Wildman–Crippen LogP) is 3.22. The van der Waals surface area contributed by atoms with Gasteiger partial charge in [0.15, 0.2) is 0 Å². The van der Waals surface area contributed by atoms with Crippen molar-refractivity contribution in [1.29, 1.82) is 0 Å². The zero-order chi connectivity index (χ0) is 13.1. The Morgan fingerprint density at radius 3 is 2.67 bits per heavy atom. The monoisotopic (exact) mass is 261 g/mol. The van der Waals surface area contributed by atoms with E-state index < -0.39 is 0 Å². The molecular formula is C13H15N3OS. The minimum atomic E-state index is -0.143. The fourth-order valence-electron chi connectivity index (χ4n) is 1.73. The molecule has 18 heavy (non-hydrogen) atoms. The van der Waals surface area contributed by atoms with Gasteiger partial charge < -0.3 is 5.32 Å². The third kappa shape index (κ3) is 2.56. The van der Waals surface area contributed by atoms with E-state index >= 15 is 0 Å². The number of aryl methyl sites for hydroxylation is 1. The van der Waals surface area contributed by atoms with E-state index in [1.807, 2.05) is 24.3 Å². The number of hydrogen-bond donors (Lipinski definition) is 1. The van der Waals surface area contributed by atoms with Crippen LogP contribution in [0.5, 0.6) is 0 Å². The lowest BCUT2D eigenvalue weighted by molar-refractivity contribution is 0.102. The number of rotatable bonds is 3. The van der Waals surface area contributed by atoms with Crippen molar-refractivity contribution in [3.8, 4) is 0 Å². The van der Waals surface area contributed by atoms with Gasteiger partial charge in [0.05, 0.1) is 5.69 Å². The molecule has 0 aliphatic carbocycles. The fraction of sp³-hybridized carbons (Fsp3) is 0.308. The molecular weight excluding hydrogens is 246 g/mol. The standard InChI is InChI=1S/C13H15N3OS/c1-8(2)10-6-4-5-7-11(10)14-13(17)12-9(3)15-16-18-12/h4-8H,1-3H3,(H,14,17). The van der Waals surface area contributed by atoms with Crippen LogP contribution in [0.15, 0.2) is 24.3 Å². The van der Waals surface area contributed by atoms with Gasteiger partial charge in [0.2, 0.25) is 0 Å². The third-order valence-corrected chi connectivity index (χ3v) is 3.52. The number of aromatic nitrogens is 2. The van der Waals surface area contributed by atoms with Crippen molar-refractivity contribution in [2.75, 3.05) is 5.32 Å². The third-order valence-electron chi connectivity index (χ3n) is 2.69. The summed E-state index contributed by atoms with van der Waals surface area (Å²) < 4.78 is 3.77. The number of para-hydroxylation sites is 1. The van der Waals surface area contributed by atoms with Crippen LogP contribution in [0.2, 0.25) is 0 Å². The van der Waals surface area contributed by atoms with Gasteiger partial charge in [-0.05, 0) is 36.0 Å². The summed E-state index contributed by atoms with van der Waals surface area (Å²) in [5.74, 6) is 0.220. The first-order valence-electron chi connectivity index (χ1n) is 5.79. The normalized spacial score (nSPS) is 10.7. The van der Waals surface area contributed by atoms with Crippen LogP contribution in [0.25, 0.3) is 0 Å². The summed E-state index contributed by atoms with van der Waals surface area (Å²) in [6, 6.07) is 7.83. The molecule has 94 valence electrons. The zero-order valence-electron chi connectivity index (χ0n) is 10.6. The molecule has 0 bridgehead atoms. The van der Waals surface area contributed by atoms with Crippen LogP contribution >= 0.6 is 11.5 Å². The van der Waals surface area contributed by atoms with Crippen molar-refractivity contribution in [1.82, 2.24) is 9.59 Å². The van der Waals surface area contributed by atoms with Crippen molar-refractivity contribution >= 4 is 23.1 Å². The largest absolute Gasteiger partial charge is 0.321 e. The average molecular weight is 261 g/mol. The lowest BCUT2D eigenvalue weighted by atomic mass is 10.0. The summed E-state index contributed by atoms with van der Waals surface area (Å²) in [5, 5.41) is 6.77. The molecule has 4 nitrogen and oxygen atoms in total. The summed E-state index contributed by atoms with van der Waals surface area (Å²) >= 11 is 1.12. The van der Waals surface area contributed by atoms with Crippen LogP contribution in [0.3, 0.4) is 0 Å². The highest BCUT2D eigenvalue weighted by Gasteiger charge is 2.15. The molecule has 0 aliphatic heterocycles. The van der Waals surface area contributed by atoms with Gasteiger partial charge in [-0.2, -0.15) is 0 Å². The van der Waals surface area contributed by atoms with Crippen LogP contribution in [0.1, 0.15) is 40.7 Å². The van der Waals surface area contributed by atoms with Crippen LogP contribution in [-0.2, 0) is 0 Å². The number of hydrogen-bond acceptors (Lipinski definition) is 4. The van der Waals surface area contributed by atoms with E-state index in [0.717, 1.165) is 22.8 Å². The van der Waals surface area contributed by atoms with Crippen molar-refractivity contribution in [2.24, 2.45) is 0 Å². The Kier molecular flexibility index (Phi) is 3.72. The summed E-state index contributed by atoms with van der Waals surface area (Å²) in [6.07, 6.45) is 0. The van der Waals surface area contributed by atoms with Gasteiger partial charge in [0, 0.05) is 5.69 Å². The van der Waals surface area contributed by atoms with Crippen molar-refractivity contribution in [3.05, 3.63) is 40.4 Å². The molecule has 1 amide bonds. The van der Waals surface area contributed by atoms with Crippen molar-refractivity contribution in [3.63, 3.8) is 0 Å². The SMILES string of the molecule is Cc1nnsc1C(=O)Nc1ccccc1C(C)C. The average Bonchev–Trinajstić information content (AvgIpc) is 2.76. The van der Waals surface area contributed by atoms with E-state index in [-0.39, 0.29) is 5.91 Å². The summed E-state index contributed by atoms with van der Waals surface area (Å²) in [7, 11) is 0. The van der Waals surface area contributed by atoms with Crippen LogP contribution in [0, 0.1) is 6.92 Å².